The lowest BCUT2D eigenvalue weighted by atomic mass is 10.0. The lowest BCUT2D eigenvalue weighted by Crippen LogP contribution is -2.38. The minimum absolute atomic E-state index is 0.0203. The summed E-state index contributed by atoms with van der Waals surface area (Å²) in [6.07, 6.45) is 9.21. The number of terminal acetylenes is 1. The molecule has 0 aromatic rings. The highest BCUT2D eigenvalue weighted by Crippen LogP contribution is 2.37. The molecule has 0 fully saturated rings. The van der Waals surface area contributed by atoms with E-state index in [9.17, 15) is 9.00 Å². The summed E-state index contributed by atoms with van der Waals surface area (Å²) in [5.74, 6) is 3.10. The highest BCUT2D eigenvalue weighted by atomic mass is 32.2. The summed E-state index contributed by atoms with van der Waals surface area (Å²) in [6.45, 7) is 1.90. The van der Waals surface area contributed by atoms with E-state index in [4.69, 9.17) is 6.42 Å². The Kier molecular flexibility index (Phi) is 5.67. The van der Waals surface area contributed by atoms with Crippen molar-refractivity contribution < 1.29 is 9.00 Å². The summed E-state index contributed by atoms with van der Waals surface area (Å²) in [5.41, 5.74) is -0.403. The summed E-state index contributed by atoms with van der Waals surface area (Å²) in [5, 5.41) is 8.01. The lowest BCUT2D eigenvalue weighted by Gasteiger charge is -2.24. The zero-order chi connectivity index (χ0) is 14.5. The quantitative estimate of drug-likeness (QED) is 0.635. The van der Waals surface area contributed by atoms with Crippen LogP contribution in [0.25, 0.3) is 0 Å². The Morgan fingerprint density at radius 3 is 2.58 bits per heavy atom. The molecule has 0 saturated heterocycles. The third kappa shape index (κ3) is 5.11. The monoisotopic (exact) mass is 283 g/mol. The predicted molar refractivity (Wildman–Crippen MR) is 76.1 cm³/mol. The molecule has 0 aromatic heterocycles. The highest BCUT2D eigenvalue weighted by Gasteiger charge is 2.39. The second-order valence-electron chi connectivity index (χ2n) is 4.98. The fraction of sp³-hybridized carbons (Fsp3) is 0.769. The molecule has 0 radical (unpaired) electrons. The van der Waals surface area contributed by atoms with Crippen LogP contribution < -0.4 is 0 Å². The van der Waals surface area contributed by atoms with Gasteiger partial charge in [-0.05, 0) is 6.92 Å². The van der Waals surface area contributed by atoms with Crippen molar-refractivity contribution >= 4 is 16.7 Å². The molecule has 5 nitrogen and oxygen atoms in total. The molecule has 1 aliphatic heterocycles. The summed E-state index contributed by atoms with van der Waals surface area (Å²) in [7, 11) is 0.846. The molecule has 106 valence electrons. The van der Waals surface area contributed by atoms with Gasteiger partial charge in [0.2, 0.25) is 5.91 Å². The summed E-state index contributed by atoms with van der Waals surface area (Å²) in [6, 6.07) is -0.0203. The molecule has 0 aromatic carbocycles. The Hall–Kier alpha value is -1.22. The number of carbonyl (C=O) groups is 1. The molecule has 2 atom stereocenters. The summed E-state index contributed by atoms with van der Waals surface area (Å²) in [4.78, 5) is 13.7. The Balaban J connectivity index is 2.35. The minimum atomic E-state index is -0.899. The predicted octanol–water partition coefficient (Wildman–Crippen LogP) is 1.57. The van der Waals surface area contributed by atoms with E-state index in [1.165, 1.54) is 0 Å². The molecule has 1 rings (SSSR count). The van der Waals surface area contributed by atoms with E-state index >= 15 is 0 Å². The van der Waals surface area contributed by atoms with Crippen LogP contribution in [0.15, 0.2) is 10.2 Å². The number of amides is 1. The van der Waals surface area contributed by atoms with Crippen molar-refractivity contribution in [2.24, 2.45) is 10.2 Å². The molecule has 0 N–H and O–H groups in total. The zero-order valence-corrected chi connectivity index (χ0v) is 12.6. The SMILES string of the molecule is C#CCCC1(CCC(=O)N(C)C(C)CS(C)=O)N=N1. The van der Waals surface area contributed by atoms with E-state index in [0.29, 0.717) is 25.0 Å². The van der Waals surface area contributed by atoms with E-state index in [2.05, 4.69) is 16.1 Å². The van der Waals surface area contributed by atoms with Gasteiger partial charge in [-0.15, -0.1) is 12.3 Å². The third-order valence-corrected chi connectivity index (χ3v) is 4.27. The van der Waals surface area contributed by atoms with Crippen molar-refractivity contribution in [3.8, 4) is 12.3 Å². The van der Waals surface area contributed by atoms with Gasteiger partial charge in [-0.3, -0.25) is 9.00 Å². The van der Waals surface area contributed by atoms with Crippen LogP contribution in [0.4, 0.5) is 0 Å². The van der Waals surface area contributed by atoms with Gasteiger partial charge in [-0.2, -0.15) is 10.2 Å². The second-order valence-corrected chi connectivity index (χ2v) is 6.46. The third-order valence-electron chi connectivity index (χ3n) is 3.32. The average Bonchev–Trinajstić information content (AvgIpc) is 3.12. The maximum absolute atomic E-state index is 12.0. The van der Waals surface area contributed by atoms with E-state index in [1.807, 2.05) is 6.92 Å². The number of nitrogens with zero attached hydrogens (tertiary/aromatic N) is 3. The molecule has 0 aliphatic carbocycles. The highest BCUT2D eigenvalue weighted by molar-refractivity contribution is 7.84. The fourth-order valence-corrected chi connectivity index (χ4v) is 2.75. The van der Waals surface area contributed by atoms with Crippen molar-refractivity contribution in [1.29, 1.82) is 0 Å². The normalized spacial score (nSPS) is 18.4. The molecule has 19 heavy (non-hydrogen) atoms. The van der Waals surface area contributed by atoms with Crippen LogP contribution in [0.1, 0.15) is 32.6 Å². The van der Waals surface area contributed by atoms with E-state index in [-0.39, 0.29) is 11.9 Å². The smallest absolute Gasteiger partial charge is 0.222 e. The van der Waals surface area contributed by atoms with Crippen molar-refractivity contribution in [3.05, 3.63) is 0 Å². The van der Waals surface area contributed by atoms with Gasteiger partial charge in [0, 0.05) is 61.6 Å². The number of rotatable bonds is 8. The molecule has 1 heterocycles. The Morgan fingerprint density at radius 2 is 2.11 bits per heavy atom. The van der Waals surface area contributed by atoms with Gasteiger partial charge in [0.1, 0.15) is 0 Å². The van der Waals surface area contributed by atoms with Crippen LogP contribution >= 0.6 is 0 Å². The van der Waals surface area contributed by atoms with Gasteiger partial charge in [-0.1, -0.05) is 0 Å². The summed E-state index contributed by atoms with van der Waals surface area (Å²) < 4.78 is 11.2. The first-order valence-electron chi connectivity index (χ1n) is 6.33. The molecule has 1 aliphatic rings. The first-order valence-corrected chi connectivity index (χ1v) is 8.06. The molecule has 0 saturated carbocycles. The Bertz CT molecular complexity index is 422. The average molecular weight is 283 g/mol. The largest absolute Gasteiger partial charge is 0.342 e. The van der Waals surface area contributed by atoms with E-state index in [1.54, 1.807) is 18.2 Å². The molecule has 6 heteroatoms. The van der Waals surface area contributed by atoms with Gasteiger partial charge in [0.15, 0.2) is 5.66 Å². The molecular weight excluding hydrogens is 262 g/mol. The Labute approximate surface area is 117 Å². The lowest BCUT2D eigenvalue weighted by molar-refractivity contribution is -0.131. The standard InChI is InChI=1S/C13H21N3O2S/c1-5-6-8-13(14-15-13)9-7-12(17)16(3)11(2)10-19(4)18/h1,11H,6-10H2,2-4H3. The molecule has 0 bridgehead atoms. The van der Waals surface area contributed by atoms with Gasteiger partial charge in [0.25, 0.3) is 0 Å². The van der Waals surface area contributed by atoms with E-state index in [0.717, 1.165) is 6.42 Å². The van der Waals surface area contributed by atoms with E-state index < -0.39 is 16.5 Å². The molecule has 1 amide bonds. The first-order chi connectivity index (χ1) is 8.90. The van der Waals surface area contributed by atoms with Gasteiger partial charge in [-0.25, -0.2) is 0 Å². The fourth-order valence-electron chi connectivity index (χ4n) is 1.85. The topological polar surface area (TPSA) is 62.1 Å². The van der Waals surface area contributed by atoms with Crippen LogP contribution in [0, 0.1) is 12.3 Å². The first kappa shape index (κ1) is 15.8. The molecule has 2 unspecified atom stereocenters. The Morgan fingerprint density at radius 1 is 1.47 bits per heavy atom. The van der Waals surface area contributed by atoms with Crippen LogP contribution in [0.3, 0.4) is 0 Å². The van der Waals surface area contributed by atoms with Crippen LogP contribution in [-0.2, 0) is 15.6 Å². The van der Waals surface area contributed by atoms with Gasteiger partial charge < -0.3 is 4.90 Å². The van der Waals surface area contributed by atoms with Gasteiger partial charge in [0.05, 0.1) is 0 Å². The number of hydrogen-bond acceptors (Lipinski definition) is 4. The van der Waals surface area contributed by atoms with Crippen LogP contribution in [0.5, 0.6) is 0 Å². The number of hydrogen-bond donors (Lipinski definition) is 0. The number of carbonyl (C=O) groups excluding carboxylic acids is 1. The molecule has 0 spiro atoms. The summed E-state index contributed by atoms with van der Waals surface area (Å²) >= 11 is 0. The van der Waals surface area contributed by atoms with Gasteiger partial charge >= 0.3 is 0 Å². The molecular formula is C13H21N3O2S. The maximum atomic E-state index is 12.0. The van der Waals surface area contributed by atoms with Crippen molar-refractivity contribution in [2.75, 3.05) is 19.1 Å². The maximum Gasteiger partial charge on any atom is 0.222 e. The van der Waals surface area contributed by atoms with Crippen molar-refractivity contribution in [1.82, 2.24) is 4.90 Å². The minimum Gasteiger partial charge on any atom is -0.342 e. The van der Waals surface area contributed by atoms with Crippen LogP contribution in [-0.4, -0.2) is 45.8 Å². The second kappa shape index (κ2) is 6.80. The van der Waals surface area contributed by atoms with Crippen molar-refractivity contribution in [3.63, 3.8) is 0 Å². The van der Waals surface area contributed by atoms with Crippen LogP contribution in [0.2, 0.25) is 0 Å². The van der Waals surface area contributed by atoms with Crippen molar-refractivity contribution in [2.45, 2.75) is 44.3 Å². The zero-order valence-electron chi connectivity index (χ0n) is 11.8.